The summed E-state index contributed by atoms with van der Waals surface area (Å²) >= 11 is 1.50. The van der Waals surface area contributed by atoms with Gasteiger partial charge in [0.15, 0.2) is 0 Å². The summed E-state index contributed by atoms with van der Waals surface area (Å²) in [6.45, 7) is 0. The van der Waals surface area contributed by atoms with Crippen molar-refractivity contribution >= 4 is 34.3 Å². The normalized spacial score (nSPS) is 10.9. The zero-order valence-electron chi connectivity index (χ0n) is 11.8. The van der Waals surface area contributed by atoms with E-state index in [-0.39, 0.29) is 5.91 Å². The minimum Gasteiger partial charge on any atom is -0.321 e. The van der Waals surface area contributed by atoms with Gasteiger partial charge in [0.25, 0.3) is 0 Å². The molecule has 1 heterocycles. The third kappa shape index (κ3) is 3.74. The van der Waals surface area contributed by atoms with Crippen molar-refractivity contribution in [3.8, 4) is 0 Å². The van der Waals surface area contributed by atoms with E-state index in [4.69, 9.17) is 0 Å². The number of benzene rings is 2. The number of nitrogens with zero attached hydrogens (tertiary/aromatic N) is 1. The van der Waals surface area contributed by atoms with Crippen LogP contribution in [0.5, 0.6) is 0 Å². The lowest BCUT2D eigenvalue weighted by Gasteiger charge is -2.03. The van der Waals surface area contributed by atoms with Crippen LogP contribution in [0.4, 0.5) is 5.69 Å². The molecule has 1 N–H and O–H groups in total. The third-order valence-electron chi connectivity index (χ3n) is 3.02. The molecule has 108 valence electrons. The Balaban J connectivity index is 1.63. The quantitative estimate of drug-likeness (QED) is 0.571. The van der Waals surface area contributed by atoms with Crippen molar-refractivity contribution in [3.63, 3.8) is 0 Å². The molecule has 0 aliphatic carbocycles. The first-order valence-electron chi connectivity index (χ1n) is 6.85. The maximum atomic E-state index is 11.9. The Morgan fingerprint density at radius 1 is 1.05 bits per heavy atom. The van der Waals surface area contributed by atoms with Crippen LogP contribution in [0.25, 0.3) is 10.9 Å². The lowest BCUT2D eigenvalue weighted by atomic mass is 10.2. The standard InChI is InChI=1S/C18H14N2OS/c21-18(10-11-22-16-7-2-1-3-8-16)20-15-12-14-6-4-5-9-17(14)19-13-15/h1-13H,(H,20,21). The third-order valence-corrected chi connectivity index (χ3v) is 3.84. The molecule has 0 spiro atoms. The van der Waals surface area contributed by atoms with Crippen LogP contribution < -0.4 is 5.32 Å². The number of carbonyl (C=O) groups excluding carboxylic acids is 1. The van der Waals surface area contributed by atoms with Crippen LogP contribution in [0, 0.1) is 0 Å². The number of hydrogen-bond acceptors (Lipinski definition) is 3. The molecule has 0 saturated carbocycles. The summed E-state index contributed by atoms with van der Waals surface area (Å²) in [5, 5.41) is 5.60. The first-order valence-corrected chi connectivity index (χ1v) is 7.73. The average molecular weight is 306 g/mol. The van der Waals surface area contributed by atoms with E-state index in [2.05, 4.69) is 10.3 Å². The predicted molar refractivity (Wildman–Crippen MR) is 91.8 cm³/mol. The first kappa shape index (κ1) is 14.4. The maximum Gasteiger partial charge on any atom is 0.248 e. The highest BCUT2D eigenvalue weighted by atomic mass is 32.2. The molecule has 0 aliphatic rings. The van der Waals surface area contributed by atoms with E-state index < -0.39 is 0 Å². The van der Waals surface area contributed by atoms with Gasteiger partial charge in [0.05, 0.1) is 17.4 Å². The number of carbonyl (C=O) groups is 1. The molecule has 3 aromatic rings. The van der Waals surface area contributed by atoms with E-state index in [0.717, 1.165) is 15.8 Å². The number of rotatable bonds is 4. The number of thioether (sulfide) groups is 1. The van der Waals surface area contributed by atoms with Gasteiger partial charge in [-0.15, -0.1) is 0 Å². The van der Waals surface area contributed by atoms with Gasteiger partial charge < -0.3 is 5.32 Å². The number of fused-ring (bicyclic) bond motifs is 1. The van der Waals surface area contributed by atoms with Crippen LogP contribution in [-0.2, 0) is 4.79 Å². The number of hydrogen-bond donors (Lipinski definition) is 1. The SMILES string of the molecule is O=C(C=CSc1ccccc1)Nc1cnc2ccccc2c1. The number of para-hydroxylation sites is 1. The van der Waals surface area contributed by atoms with Crippen molar-refractivity contribution in [2.75, 3.05) is 5.32 Å². The second-order valence-corrected chi connectivity index (χ2v) is 5.62. The fourth-order valence-corrected chi connectivity index (χ4v) is 2.66. The Bertz CT molecular complexity index is 815. The molecule has 2 aromatic carbocycles. The zero-order chi connectivity index (χ0) is 15.2. The molecule has 0 fully saturated rings. The molecule has 3 rings (SSSR count). The molecule has 1 aromatic heterocycles. The van der Waals surface area contributed by atoms with Gasteiger partial charge in [0.2, 0.25) is 5.91 Å². The van der Waals surface area contributed by atoms with Gasteiger partial charge in [0, 0.05) is 16.4 Å². The molecule has 22 heavy (non-hydrogen) atoms. The average Bonchev–Trinajstić information content (AvgIpc) is 2.56. The molecule has 3 nitrogen and oxygen atoms in total. The molecule has 0 unspecified atom stereocenters. The van der Waals surface area contributed by atoms with Gasteiger partial charge in [-0.25, -0.2) is 0 Å². The Morgan fingerprint density at radius 2 is 1.82 bits per heavy atom. The minimum atomic E-state index is -0.166. The highest BCUT2D eigenvalue weighted by Crippen LogP contribution is 2.18. The number of pyridine rings is 1. The monoisotopic (exact) mass is 306 g/mol. The van der Waals surface area contributed by atoms with Crippen molar-refractivity contribution < 1.29 is 4.79 Å². The number of amides is 1. The fourth-order valence-electron chi connectivity index (χ4n) is 2.00. The van der Waals surface area contributed by atoms with Crippen LogP contribution in [0.1, 0.15) is 0 Å². The summed E-state index contributed by atoms with van der Waals surface area (Å²) in [6.07, 6.45) is 3.19. The lowest BCUT2D eigenvalue weighted by molar-refractivity contribution is -0.111. The molecule has 1 amide bonds. The van der Waals surface area contributed by atoms with Gasteiger partial charge in [0.1, 0.15) is 0 Å². The Kier molecular flexibility index (Phi) is 4.51. The second kappa shape index (κ2) is 6.91. The molecule has 0 aliphatic heterocycles. The summed E-state index contributed by atoms with van der Waals surface area (Å²) in [6, 6.07) is 19.6. The van der Waals surface area contributed by atoms with E-state index in [9.17, 15) is 4.79 Å². The van der Waals surface area contributed by atoms with Crippen molar-refractivity contribution in [1.82, 2.24) is 4.98 Å². The molecule has 0 saturated heterocycles. The number of nitrogens with one attached hydrogen (secondary N) is 1. The molecular weight excluding hydrogens is 292 g/mol. The minimum absolute atomic E-state index is 0.166. The van der Waals surface area contributed by atoms with Crippen LogP contribution >= 0.6 is 11.8 Å². The highest BCUT2D eigenvalue weighted by Gasteiger charge is 2.00. The van der Waals surface area contributed by atoms with E-state index in [0.29, 0.717) is 5.69 Å². The summed E-state index contributed by atoms with van der Waals surface area (Å²) in [5.41, 5.74) is 1.61. The van der Waals surface area contributed by atoms with E-state index in [1.165, 1.54) is 17.8 Å². The second-order valence-electron chi connectivity index (χ2n) is 4.64. The van der Waals surface area contributed by atoms with Crippen LogP contribution in [-0.4, -0.2) is 10.9 Å². The first-order chi connectivity index (χ1) is 10.8. The molecule has 0 bridgehead atoms. The molecule has 4 heteroatoms. The molecular formula is C18H14N2OS. The van der Waals surface area contributed by atoms with Gasteiger partial charge in [-0.3, -0.25) is 9.78 Å². The lowest BCUT2D eigenvalue weighted by Crippen LogP contribution is -2.07. The number of aromatic nitrogens is 1. The van der Waals surface area contributed by atoms with Crippen molar-refractivity contribution in [3.05, 3.63) is 78.3 Å². The van der Waals surface area contributed by atoms with Crippen molar-refractivity contribution in [2.24, 2.45) is 0 Å². The van der Waals surface area contributed by atoms with Gasteiger partial charge in [-0.05, 0) is 29.7 Å². The maximum absolute atomic E-state index is 11.9. The fraction of sp³-hybridized carbons (Fsp3) is 0. The molecule has 0 atom stereocenters. The van der Waals surface area contributed by atoms with Gasteiger partial charge in [-0.2, -0.15) is 0 Å². The zero-order valence-corrected chi connectivity index (χ0v) is 12.6. The Hall–Kier alpha value is -2.59. The van der Waals surface area contributed by atoms with Crippen LogP contribution in [0.15, 0.2) is 83.2 Å². The largest absolute Gasteiger partial charge is 0.321 e. The summed E-state index contributed by atoms with van der Waals surface area (Å²) in [4.78, 5) is 17.3. The Labute approximate surface area is 133 Å². The van der Waals surface area contributed by atoms with Crippen molar-refractivity contribution in [2.45, 2.75) is 4.90 Å². The van der Waals surface area contributed by atoms with Crippen LogP contribution in [0.3, 0.4) is 0 Å². The predicted octanol–water partition coefficient (Wildman–Crippen LogP) is 4.48. The number of anilines is 1. The topological polar surface area (TPSA) is 42.0 Å². The highest BCUT2D eigenvalue weighted by molar-refractivity contribution is 8.02. The van der Waals surface area contributed by atoms with Crippen molar-refractivity contribution in [1.29, 1.82) is 0 Å². The Morgan fingerprint density at radius 3 is 2.68 bits per heavy atom. The summed E-state index contributed by atoms with van der Waals surface area (Å²) < 4.78 is 0. The van der Waals surface area contributed by atoms with E-state index in [1.54, 1.807) is 11.6 Å². The molecule has 0 radical (unpaired) electrons. The summed E-state index contributed by atoms with van der Waals surface area (Å²) in [7, 11) is 0. The van der Waals surface area contributed by atoms with E-state index in [1.807, 2.05) is 60.7 Å². The summed E-state index contributed by atoms with van der Waals surface area (Å²) in [5.74, 6) is -0.166. The van der Waals surface area contributed by atoms with Gasteiger partial charge in [-0.1, -0.05) is 48.2 Å². The van der Waals surface area contributed by atoms with Gasteiger partial charge >= 0.3 is 0 Å². The smallest absolute Gasteiger partial charge is 0.248 e. The van der Waals surface area contributed by atoms with Crippen LogP contribution in [0.2, 0.25) is 0 Å². The van der Waals surface area contributed by atoms with E-state index >= 15 is 0 Å².